The summed E-state index contributed by atoms with van der Waals surface area (Å²) in [6.07, 6.45) is 8.84. The Bertz CT molecular complexity index is 434. The molecule has 1 saturated carbocycles. The van der Waals surface area contributed by atoms with Gasteiger partial charge in [0.15, 0.2) is 0 Å². The van der Waals surface area contributed by atoms with Crippen molar-refractivity contribution in [3.05, 3.63) is 11.9 Å². The first-order chi connectivity index (χ1) is 9.95. The molecular formula is C18H33N3. The summed E-state index contributed by atoms with van der Waals surface area (Å²) in [5, 5.41) is 8.27. The summed E-state index contributed by atoms with van der Waals surface area (Å²) in [5.41, 5.74) is 2.53. The van der Waals surface area contributed by atoms with Gasteiger partial charge in [-0.3, -0.25) is 4.68 Å². The molecule has 1 aromatic heterocycles. The van der Waals surface area contributed by atoms with E-state index in [0.29, 0.717) is 12.0 Å². The lowest BCUT2D eigenvalue weighted by atomic mass is 9.96. The van der Waals surface area contributed by atoms with E-state index >= 15 is 0 Å². The monoisotopic (exact) mass is 291 g/mol. The van der Waals surface area contributed by atoms with Crippen LogP contribution in [-0.4, -0.2) is 15.8 Å². The van der Waals surface area contributed by atoms with Crippen molar-refractivity contribution >= 4 is 5.69 Å². The second-order valence-corrected chi connectivity index (χ2v) is 7.71. The molecule has 0 amide bonds. The molecule has 0 bridgehead atoms. The van der Waals surface area contributed by atoms with Crippen molar-refractivity contribution in [3.63, 3.8) is 0 Å². The Morgan fingerprint density at radius 2 is 2.00 bits per heavy atom. The van der Waals surface area contributed by atoms with Crippen molar-refractivity contribution < 1.29 is 0 Å². The van der Waals surface area contributed by atoms with Crippen molar-refractivity contribution in [2.45, 2.75) is 79.3 Å². The van der Waals surface area contributed by atoms with Crippen molar-refractivity contribution in [2.24, 2.45) is 17.8 Å². The molecule has 1 heterocycles. The van der Waals surface area contributed by atoms with Crippen LogP contribution in [-0.2, 0) is 6.54 Å². The zero-order valence-corrected chi connectivity index (χ0v) is 14.5. The van der Waals surface area contributed by atoms with Gasteiger partial charge >= 0.3 is 0 Å². The van der Waals surface area contributed by atoms with Gasteiger partial charge in [-0.05, 0) is 43.9 Å². The highest BCUT2D eigenvalue weighted by Gasteiger charge is 2.25. The molecule has 1 aromatic rings. The molecule has 120 valence electrons. The zero-order chi connectivity index (χ0) is 15.4. The zero-order valence-electron chi connectivity index (χ0n) is 14.5. The first kappa shape index (κ1) is 16.4. The third-order valence-corrected chi connectivity index (χ3v) is 4.69. The predicted octanol–water partition coefficient (Wildman–Crippen LogP) is 4.86. The molecule has 0 saturated heterocycles. The maximum absolute atomic E-state index is 4.53. The van der Waals surface area contributed by atoms with Crippen LogP contribution < -0.4 is 5.32 Å². The average molecular weight is 291 g/mol. The van der Waals surface area contributed by atoms with Crippen LogP contribution in [0.2, 0.25) is 0 Å². The largest absolute Gasteiger partial charge is 0.380 e. The van der Waals surface area contributed by atoms with Gasteiger partial charge < -0.3 is 5.32 Å². The molecule has 3 heteroatoms. The lowest BCUT2D eigenvalue weighted by Crippen LogP contribution is -2.16. The van der Waals surface area contributed by atoms with Gasteiger partial charge in [0.05, 0.1) is 17.6 Å². The molecule has 3 nitrogen and oxygen atoms in total. The standard InChI is InChI=1S/C18H33N3/c1-13(2)6-7-16-8-9-17(10-16)20-18-11-19-21(15(18)5)12-14(3)4/h11,13-14,16-17,20H,6-10,12H2,1-5H3. The Labute approximate surface area is 130 Å². The van der Waals surface area contributed by atoms with Crippen molar-refractivity contribution in [1.29, 1.82) is 0 Å². The van der Waals surface area contributed by atoms with Crippen molar-refractivity contribution in [2.75, 3.05) is 5.32 Å². The Hall–Kier alpha value is -0.990. The Kier molecular flexibility index (Phi) is 5.72. The van der Waals surface area contributed by atoms with Crippen LogP contribution in [0.4, 0.5) is 5.69 Å². The highest BCUT2D eigenvalue weighted by molar-refractivity contribution is 5.46. The molecular weight excluding hydrogens is 258 g/mol. The molecule has 2 unspecified atom stereocenters. The van der Waals surface area contributed by atoms with Gasteiger partial charge in [0.1, 0.15) is 0 Å². The lowest BCUT2D eigenvalue weighted by Gasteiger charge is -2.15. The summed E-state index contributed by atoms with van der Waals surface area (Å²) in [6.45, 7) is 12.3. The topological polar surface area (TPSA) is 29.9 Å². The molecule has 1 aliphatic rings. The number of hydrogen-bond acceptors (Lipinski definition) is 2. The Morgan fingerprint density at radius 1 is 1.24 bits per heavy atom. The molecule has 0 radical (unpaired) electrons. The molecule has 0 aliphatic heterocycles. The molecule has 2 atom stereocenters. The minimum Gasteiger partial charge on any atom is -0.380 e. The smallest absolute Gasteiger partial charge is 0.0758 e. The molecule has 21 heavy (non-hydrogen) atoms. The number of aromatic nitrogens is 2. The fourth-order valence-corrected chi connectivity index (χ4v) is 3.38. The summed E-state index contributed by atoms with van der Waals surface area (Å²) in [6, 6.07) is 0.651. The lowest BCUT2D eigenvalue weighted by molar-refractivity contribution is 0.430. The second kappa shape index (κ2) is 7.33. The summed E-state index contributed by atoms with van der Waals surface area (Å²) in [5.74, 6) is 2.41. The van der Waals surface area contributed by atoms with E-state index in [2.05, 4.69) is 49.7 Å². The van der Waals surface area contributed by atoms with Gasteiger partial charge in [-0.2, -0.15) is 5.10 Å². The van der Waals surface area contributed by atoms with Crippen LogP contribution in [0, 0.1) is 24.7 Å². The molecule has 1 N–H and O–H groups in total. The van der Waals surface area contributed by atoms with E-state index in [1.807, 2.05) is 6.20 Å². The van der Waals surface area contributed by atoms with E-state index in [1.165, 1.54) is 43.5 Å². The summed E-state index contributed by atoms with van der Waals surface area (Å²) >= 11 is 0. The van der Waals surface area contributed by atoms with Crippen LogP contribution in [0.5, 0.6) is 0 Å². The SMILES string of the molecule is Cc1c(NC2CCC(CCC(C)C)C2)cnn1CC(C)C. The fraction of sp³-hybridized carbons (Fsp3) is 0.833. The van der Waals surface area contributed by atoms with E-state index in [0.717, 1.165) is 18.4 Å². The number of nitrogens with zero attached hydrogens (tertiary/aromatic N) is 2. The fourth-order valence-electron chi connectivity index (χ4n) is 3.38. The van der Waals surface area contributed by atoms with E-state index in [9.17, 15) is 0 Å². The molecule has 1 fully saturated rings. The minimum atomic E-state index is 0.642. The molecule has 0 aromatic carbocycles. The number of anilines is 1. The van der Waals surface area contributed by atoms with Gasteiger partial charge in [-0.15, -0.1) is 0 Å². The number of rotatable bonds is 7. The van der Waals surface area contributed by atoms with Gasteiger partial charge in [0.2, 0.25) is 0 Å². The van der Waals surface area contributed by atoms with Gasteiger partial charge in [0.25, 0.3) is 0 Å². The minimum absolute atomic E-state index is 0.642. The molecule has 0 spiro atoms. The number of hydrogen-bond donors (Lipinski definition) is 1. The second-order valence-electron chi connectivity index (χ2n) is 7.71. The summed E-state index contributed by atoms with van der Waals surface area (Å²) in [4.78, 5) is 0. The first-order valence-corrected chi connectivity index (χ1v) is 8.74. The summed E-state index contributed by atoms with van der Waals surface area (Å²) in [7, 11) is 0. The van der Waals surface area contributed by atoms with Crippen LogP contribution in [0.15, 0.2) is 6.20 Å². The van der Waals surface area contributed by atoms with Crippen molar-refractivity contribution in [1.82, 2.24) is 9.78 Å². The quantitative estimate of drug-likeness (QED) is 0.777. The van der Waals surface area contributed by atoms with Gasteiger partial charge in [-0.1, -0.05) is 40.5 Å². The normalized spacial score (nSPS) is 22.4. The van der Waals surface area contributed by atoms with E-state index in [4.69, 9.17) is 0 Å². The van der Waals surface area contributed by atoms with Crippen LogP contribution in [0.1, 0.15) is 65.5 Å². The molecule has 2 rings (SSSR count). The van der Waals surface area contributed by atoms with Crippen LogP contribution >= 0.6 is 0 Å². The maximum atomic E-state index is 4.53. The first-order valence-electron chi connectivity index (χ1n) is 8.74. The maximum Gasteiger partial charge on any atom is 0.0758 e. The Balaban J connectivity index is 1.84. The van der Waals surface area contributed by atoms with Crippen LogP contribution in [0.25, 0.3) is 0 Å². The summed E-state index contributed by atoms with van der Waals surface area (Å²) < 4.78 is 2.14. The highest BCUT2D eigenvalue weighted by atomic mass is 15.3. The molecule has 1 aliphatic carbocycles. The van der Waals surface area contributed by atoms with E-state index in [1.54, 1.807) is 0 Å². The third kappa shape index (κ3) is 4.76. The van der Waals surface area contributed by atoms with E-state index < -0.39 is 0 Å². The average Bonchev–Trinajstić information content (AvgIpc) is 2.98. The Morgan fingerprint density at radius 3 is 2.67 bits per heavy atom. The predicted molar refractivity (Wildman–Crippen MR) is 90.6 cm³/mol. The van der Waals surface area contributed by atoms with Crippen molar-refractivity contribution in [3.8, 4) is 0 Å². The highest BCUT2D eigenvalue weighted by Crippen LogP contribution is 2.32. The van der Waals surface area contributed by atoms with Crippen LogP contribution in [0.3, 0.4) is 0 Å². The third-order valence-electron chi connectivity index (χ3n) is 4.69. The van der Waals surface area contributed by atoms with Gasteiger partial charge in [0, 0.05) is 12.6 Å². The number of nitrogens with one attached hydrogen (secondary N) is 1. The van der Waals surface area contributed by atoms with Gasteiger partial charge in [-0.25, -0.2) is 0 Å². The van der Waals surface area contributed by atoms with E-state index in [-0.39, 0.29) is 0 Å².